The molecule has 1 N–H and O–H groups in total. The van der Waals surface area contributed by atoms with Crippen LogP contribution in [0.3, 0.4) is 0 Å². The van der Waals surface area contributed by atoms with Gasteiger partial charge in [-0.1, -0.05) is 48.5 Å². The maximum absolute atomic E-state index is 12.7. The molecule has 0 aliphatic rings. The first-order valence-electron chi connectivity index (χ1n) is 10.9. The molecule has 182 valence electrons. The van der Waals surface area contributed by atoms with Gasteiger partial charge in [-0.05, 0) is 46.7 Å². The van der Waals surface area contributed by atoms with Gasteiger partial charge in [0, 0.05) is 12.1 Å². The van der Waals surface area contributed by atoms with Gasteiger partial charge in [-0.3, -0.25) is 14.9 Å². The van der Waals surface area contributed by atoms with Crippen LogP contribution in [0.25, 0.3) is 16.8 Å². The van der Waals surface area contributed by atoms with Crippen LogP contribution in [0, 0.1) is 21.4 Å². The smallest absolute Gasteiger partial charge is 0.344 e. The van der Waals surface area contributed by atoms with Crippen LogP contribution in [-0.2, 0) is 4.79 Å². The van der Waals surface area contributed by atoms with Crippen LogP contribution in [0.4, 0.5) is 11.4 Å². The second kappa shape index (κ2) is 10.8. The number of non-ortho nitro benzene ring substituents is 1. The first-order chi connectivity index (χ1) is 17.9. The Morgan fingerprint density at radius 3 is 2.43 bits per heavy atom. The zero-order chi connectivity index (χ0) is 26.4. The van der Waals surface area contributed by atoms with Crippen molar-refractivity contribution in [1.29, 1.82) is 5.26 Å². The van der Waals surface area contributed by atoms with E-state index in [1.54, 1.807) is 36.4 Å². The molecule has 0 spiro atoms. The van der Waals surface area contributed by atoms with Crippen LogP contribution in [0.15, 0.2) is 90.5 Å². The summed E-state index contributed by atoms with van der Waals surface area (Å²) in [5.41, 5.74) is 0.504. The van der Waals surface area contributed by atoms with Crippen molar-refractivity contribution in [1.82, 2.24) is 0 Å². The van der Waals surface area contributed by atoms with Crippen LogP contribution < -0.4 is 14.8 Å². The van der Waals surface area contributed by atoms with Crippen LogP contribution in [0.1, 0.15) is 15.9 Å². The van der Waals surface area contributed by atoms with Crippen molar-refractivity contribution in [3.63, 3.8) is 0 Å². The molecule has 0 heterocycles. The predicted octanol–water partition coefficient (Wildman–Crippen LogP) is 5.52. The number of nitrogens with zero attached hydrogens (tertiary/aromatic N) is 2. The molecular weight excluding hydrogens is 474 g/mol. The van der Waals surface area contributed by atoms with Gasteiger partial charge in [0.25, 0.3) is 11.6 Å². The van der Waals surface area contributed by atoms with Gasteiger partial charge in [0.05, 0.1) is 23.3 Å². The number of nitrogens with one attached hydrogen (secondary N) is 1. The molecule has 0 radical (unpaired) electrons. The molecule has 9 nitrogen and oxygen atoms in total. The zero-order valence-corrected chi connectivity index (χ0v) is 19.5. The summed E-state index contributed by atoms with van der Waals surface area (Å²) in [6.45, 7) is 0. The van der Waals surface area contributed by atoms with Gasteiger partial charge >= 0.3 is 5.97 Å². The summed E-state index contributed by atoms with van der Waals surface area (Å²) in [5.74, 6) is -0.788. The third-order valence-electron chi connectivity index (χ3n) is 5.42. The van der Waals surface area contributed by atoms with Crippen molar-refractivity contribution < 1.29 is 24.0 Å². The number of carbonyl (C=O) groups is 2. The molecule has 0 aromatic heterocycles. The average Bonchev–Trinajstić information content (AvgIpc) is 2.92. The van der Waals surface area contributed by atoms with Crippen molar-refractivity contribution in [3.8, 4) is 17.6 Å². The second-order valence-corrected chi connectivity index (χ2v) is 7.75. The molecule has 4 aromatic carbocycles. The number of nitro groups is 1. The molecule has 0 fully saturated rings. The molecule has 4 aromatic rings. The van der Waals surface area contributed by atoms with Crippen LogP contribution in [-0.4, -0.2) is 23.9 Å². The van der Waals surface area contributed by atoms with E-state index in [9.17, 15) is 25.0 Å². The maximum atomic E-state index is 12.7. The van der Waals surface area contributed by atoms with Crippen molar-refractivity contribution in [2.45, 2.75) is 0 Å². The Balaban J connectivity index is 1.50. The van der Waals surface area contributed by atoms with E-state index in [1.807, 2.05) is 36.4 Å². The van der Waals surface area contributed by atoms with Gasteiger partial charge < -0.3 is 14.8 Å². The zero-order valence-electron chi connectivity index (χ0n) is 19.5. The fraction of sp³-hybridized carbons (Fsp3) is 0.0357. The summed E-state index contributed by atoms with van der Waals surface area (Å²) in [6.07, 6.45) is 1.34. The number of esters is 1. The number of ether oxygens (including phenoxy) is 2. The molecule has 0 unspecified atom stereocenters. The Bertz CT molecular complexity index is 1580. The minimum atomic E-state index is -0.771. The number of benzene rings is 4. The van der Waals surface area contributed by atoms with Gasteiger partial charge in [0.2, 0.25) is 0 Å². The van der Waals surface area contributed by atoms with E-state index in [-0.39, 0.29) is 22.7 Å². The average molecular weight is 493 g/mol. The highest BCUT2D eigenvalue weighted by atomic mass is 16.6. The molecule has 37 heavy (non-hydrogen) atoms. The van der Waals surface area contributed by atoms with E-state index >= 15 is 0 Å². The lowest BCUT2D eigenvalue weighted by molar-refractivity contribution is -0.384. The highest BCUT2D eigenvalue weighted by molar-refractivity contribution is 6.10. The minimum absolute atomic E-state index is 0.0542. The molecular formula is C28H19N3O6. The molecule has 0 aliphatic heterocycles. The summed E-state index contributed by atoms with van der Waals surface area (Å²) >= 11 is 0. The highest BCUT2D eigenvalue weighted by Crippen LogP contribution is 2.29. The first kappa shape index (κ1) is 24.6. The van der Waals surface area contributed by atoms with E-state index in [0.717, 1.165) is 16.8 Å². The van der Waals surface area contributed by atoms with Crippen molar-refractivity contribution >= 4 is 40.1 Å². The number of fused-ring (bicyclic) bond motifs is 1. The standard InChI is InChI=1S/C28H19N3O6/c1-36-26-14-11-21(31(34)35)16-25(26)30-27(32)20(17-29)15-18-9-12-22(13-10-18)37-28(33)24-8-4-6-19-5-2-3-7-23(19)24/h2-16H,1H3,(H,30,32)/b20-15+. The molecule has 0 saturated carbocycles. The van der Waals surface area contributed by atoms with Gasteiger partial charge in [0.1, 0.15) is 23.1 Å². The fourth-order valence-electron chi connectivity index (χ4n) is 3.61. The monoisotopic (exact) mass is 493 g/mol. The number of nitro benzene ring substituents is 1. The lowest BCUT2D eigenvalue weighted by Gasteiger charge is -2.10. The van der Waals surface area contributed by atoms with Crippen LogP contribution >= 0.6 is 0 Å². The minimum Gasteiger partial charge on any atom is -0.495 e. The number of nitriles is 1. The highest BCUT2D eigenvalue weighted by Gasteiger charge is 2.17. The van der Waals surface area contributed by atoms with E-state index in [0.29, 0.717) is 16.9 Å². The number of hydrogen-bond donors (Lipinski definition) is 1. The lowest BCUT2D eigenvalue weighted by Crippen LogP contribution is -2.14. The number of hydrogen-bond acceptors (Lipinski definition) is 7. The molecule has 1 amide bonds. The van der Waals surface area contributed by atoms with Gasteiger partial charge in [-0.2, -0.15) is 5.26 Å². The first-order valence-corrected chi connectivity index (χ1v) is 10.9. The quantitative estimate of drug-likeness (QED) is 0.0895. The Kier molecular flexibility index (Phi) is 7.21. The summed E-state index contributed by atoms with van der Waals surface area (Å²) in [7, 11) is 1.35. The Hall–Kier alpha value is -5.49. The van der Waals surface area contributed by atoms with Crippen LogP contribution in [0.5, 0.6) is 11.5 Å². The summed E-state index contributed by atoms with van der Waals surface area (Å²) in [4.78, 5) is 35.9. The molecule has 0 bridgehead atoms. The van der Waals surface area contributed by atoms with E-state index in [1.165, 1.54) is 25.3 Å². The maximum Gasteiger partial charge on any atom is 0.344 e. The summed E-state index contributed by atoms with van der Waals surface area (Å²) in [5, 5.41) is 24.7. The fourth-order valence-corrected chi connectivity index (χ4v) is 3.61. The Morgan fingerprint density at radius 1 is 1.00 bits per heavy atom. The third kappa shape index (κ3) is 5.61. The van der Waals surface area contributed by atoms with Gasteiger partial charge in [-0.15, -0.1) is 0 Å². The largest absolute Gasteiger partial charge is 0.495 e. The predicted molar refractivity (Wildman–Crippen MR) is 137 cm³/mol. The number of methoxy groups -OCH3 is 1. The number of anilines is 1. The second-order valence-electron chi connectivity index (χ2n) is 7.75. The molecule has 0 aliphatic carbocycles. The van der Waals surface area contributed by atoms with E-state index in [4.69, 9.17) is 9.47 Å². The topological polar surface area (TPSA) is 132 Å². The lowest BCUT2D eigenvalue weighted by atomic mass is 10.0. The number of carbonyl (C=O) groups excluding carboxylic acids is 2. The third-order valence-corrected chi connectivity index (χ3v) is 5.42. The SMILES string of the molecule is COc1ccc([N+](=O)[O-])cc1NC(=O)/C(C#N)=C/c1ccc(OC(=O)c2cccc3ccccc23)cc1. The Labute approximate surface area is 211 Å². The Morgan fingerprint density at radius 2 is 1.73 bits per heavy atom. The number of rotatable bonds is 7. The molecule has 4 rings (SSSR count). The van der Waals surface area contributed by atoms with Crippen molar-refractivity contribution in [2.24, 2.45) is 0 Å². The van der Waals surface area contributed by atoms with E-state index in [2.05, 4.69) is 5.32 Å². The summed E-state index contributed by atoms with van der Waals surface area (Å²) < 4.78 is 10.6. The normalized spacial score (nSPS) is 10.9. The molecule has 0 atom stereocenters. The van der Waals surface area contributed by atoms with Crippen molar-refractivity contribution in [2.75, 3.05) is 12.4 Å². The van der Waals surface area contributed by atoms with Crippen molar-refractivity contribution in [3.05, 3.63) is 112 Å². The molecule has 0 saturated heterocycles. The van der Waals surface area contributed by atoms with Gasteiger partial charge in [-0.25, -0.2) is 4.79 Å². The molecule has 9 heteroatoms. The summed E-state index contributed by atoms with van der Waals surface area (Å²) in [6, 6.07) is 24.7. The van der Waals surface area contributed by atoms with Gasteiger partial charge in [0.15, 0.2) is 0 Å². The number of amides is 1. The van der Waals surface area contributed by atoms with E-state index < -0.39 is 16.8 Å². The van der Waals surface area contributed by atoms with Crippen LogP contribution in [0.2, 0.25) is 0 Å².